The standard InChI is InChI=1S/C22H26N6O2/c1-27(2)22(29)21-13-16-12-17(5-6-19(16)25-21)26-28(3)10-8-18(23)20-11-15(14-30-4)7-9-24-20/h5-13,23,25-26H,14H2,1-4H3/b10-8-,23-18?. The molecule has 3 aromatic rings. The molecule has 2 aromatic heterocycles. The van der Waals surface area contributed by atoms with Crippen molar-refractivity contribution in [3.05, 3.63) is 71.8 Å². The van der Waals surface area contributed by atoms with E-state index in [1.165, 1.54) is 4.90 Å². The third-order valence-corrected chi connectivity index (χ3v) is 4.44. The van der Waals surface area contributed by atoms with E-state index in [1.54, 1.807) is 44.7 Å². The molecule has 3 rings (SSSR count). The molecule has 8 nitrogen and oxygen atoms in total. The largest absolute Gasteiger partial charge is 0.380 e. The Morgan fingerprint density at radius 2 is 2.03 bits per heavy atom. The van der Waals surface area contributed by atoms with Crippen molar-refractivity contribution in [2.24, 2.45) is 0 Å². The average molecular weight is 406 g/mol. The highest BCUT2D eigenvalue weighted by atomic mass is 16.5. The van der Waals surface area contributed by atoms with Crippen molar-refractivity contribution in [3.63, 3.8) is 0 Å². The van der Waals surface area contributed by atoms with E-state index in [4.69, 9.17) is 10.1 Å². The molecule has 0 atom stereocenters. The van der Waals surface area contributed by atoms with Gasteiger partial charge < -0.3 is 14.6 Å². The van der Waals surface area contributed by atoms with Gasteiger partial charge in [-0.3, -0.25) is 25.6 Å². The molecular formula is C22H26N6O2. The van der Waals surface area contributed by atoms with Crippen LogP contribution in [0.15, 0.2) is 54.9 Å². The average Bonchev–Trinajstić information content (AvgIpc) is 3.15. The highest BCUT2D eigenvalue weighted by Gasteiger charge is 2.11. The summed E-state index contributed by atoms with van der Waals surface area (Å²) in [4.78, 5) is 21.0. The van der Waals surface area contributed by atoms with Gasteiger partial charge >= 0.3 is 0 Å². The second-order valence-corrected chi connectivity index (χ2v) is 7.12. The number of hydrogen-bond donors (Lipinski definition) is 3. The quantitative estimate of drug-likeness (QED) is 0.394. The maximum Gasteiger partial charge on any atom is 0.269 e. The van der Waals surface area contributed by atoms with Crippen LogP contribution in [0.25, 0.3) is 10.9 Å². The number of anilines is 1. The molecule has 0 spiro atoms. The van der Waals surface area contributed by atoms with Gasteiger partial charge in [0.25, 0.3) is 5.91 Å². The fourth-order valence-corrected chi connectivity index (χ4v) is 2.95. The molecule has 0 saturated carbocycles. The van der Waals surface area contributed by atoms with Crippen molar-refractivity contribution >= 4 is 28.2 Å². The van der Waals surface area contributed by atoms with Gasteiger partial charge in [-0.05, 0) is 48.0 Å². The number of aromatic nitrogens is 2. The Bertz CT molecular complexity index is 1090. The number of H-pyrrole nitrogens is 1. The molecule has 0 aliphatic heterocycles. The number of ether oxygens (including phenoxy) is 1. The normalized spacial score (nSPS) is 11.1. The Hall–Kier alpha value is -3.65. The molecule has 3 N–H and O–H groups in total. The van der Waals surface area contributed by atoms with E-state index < -0.39 is 0 Å². The number of aromatic amines is 1. The molecule has 0 bridgehead atoms. The molecule has 0 saturated heterocycles. The number of fused-ring (bicyclic) bond motifs is 1. The zero-order chi connectivity index (χ0) is 21.7. The molecule has 0 fully saturated rings. The van der Waals surface area contributed by atoms with E-state index in [0.717, 1.165) is 22.2 Å². The number of pyridine rings is 1. The van der Waals surface area contributed by atoms with Crippen molar-refractivity contribution in [3.8, 4) is 0 Å². The summed E-state index contributed by atoms with van der Waals surface area (Å²) in [5.41, 5.74) is 7.40. The highest BCUT2D eigenvalue weighted by molar-refractivity contribution is 6.05. The van der Waals surface area contributed by atoms with Gasteiger partial charge in [-0.15, -0.1) is 0 Å². The summed E-state index contributed by atoms with van der Waals surface area (Å²) in [6, 6.07) is 11.4. The lowest BCUT2D eigenvalue weighted by Crippen LogP contribution is -2.21. The summed E-state index contributed by atoms with van der Waals surface area (Å²) < 4.78 is 5.13. The van der Waals surface area contributed by atoms with Crippen molar-refractivity contribution in [2.75, 3.05) is 33.7 Å². The molecule has 0 radical (unpaired) electrons. The zero-order valence-corrected chi connectivity index (χ0v) is 17.6. The third-order valence-electron chi connectivity index (χ3n) is 4.44. The van der Waals surface area contributed by atoms with Gasteiger partial charge in [0.2, 0.25) is 0 Å². The van der Waals surface area contributed by atoms with Crippen LogP contribution in [0.4, 0.5) is 5.69 Å². The van der Waals surface area contributed by atoms with Crippen LogP contribution in [0, 0.1) is 5.41 Å². The molecule has 0 unspecified atom stereocenters. The van der Waals surface area contributed by atoms with Crippen LogP contribution in [0.5, 0.6) is 0 Å². The first-order chi connectivity index (χ1) is 14.4. The monoisotopic (exact) mass is 406 g/mol. The number of nitrogens with zero attached hydrogens (tertiary/aromatic N) is 3. The van der Waals surface area contributed by atoms with Gasteiger partial charge in [0.1, 0.15) is 5.69 Å². The van der Waals surface area contributed by atoms with Crippen LogP contribution >= 0.6 is 0 Å². The van der Waals surface area contributed by atoms with E-state index in [0.29, 0.717) is 23.7 Å². The number of allylic oxidation sites excluding steroid dienone is 1. The Morgan fingerprint density at radius 1 is 1.23 bits per heavy atom. The van der Waals surface area contributed by atoms with E-state index in [1.807, 2.05) is 43.4 Å². The van der Waals surface area contributed by atoms with E-state index in [2.05, 4.69) is 15.4 Å². The molecule has 2 heterocycles. The van der Waals surface area contributed by atoms with Gasteiger partial charge in [0.15, 0.2) is 0 Å². The van der Waals surface area contributed by atoms with Crippen LogP contribution in [-0.4, -0.2) is 59.7 Å². The number of nitrogens with one attached hydrogen (secondary N) is 3. The topological polar surface area (TPSA) is 97.3 Å². The number of carbonyl (C=O) groups excluding carboxylic acids is 1. The third kappa shape index (κ3) is 5.03. The first-order valence-corrected chi connectivity index (χ1v) is 9.42. The van der Waals surface area contributed by atoms with Gasteiger partial charge in [-0.1, -0.05) is 0 Å². The number of rotatable bonds is 8. The second kappa shape index (κ2) is 9.23. The molecule has 1 amide bonds. The summed E-state index contributed by atoms with van der Waals surface area (Å²) in [6.07, 6.45) is 5.11. The predicted octanol–water partition coefficient (Wildman–Crippen LogP) is 3.25. The minimum Gasteiger partial charge on any atom is -0.380 e. The summed E-state index contributed by atoms with van der Waals surface area (Å²) in [7, 11) is 6.94. The number of hydrogen-bond acceptors (Lipinski definition) is 6. The van der Waals surface area contributed by atoms with Gasteiger partial charge in [0.05, 0.1) is 23.7 Å². The maximum atomic E-state index is 12.1. The number of methoxy groups -OCH3 is 1. The van der Waals surface area contributed by atoms with E-state index in [9.17, 15) is 4.79 Å². The summed E-state index contributed by atoms with van der Waals surface area (Å²) in [5.74, 6) is -0.0672. The highest BCUT2D eigenvalue weighted by Crippen LogP contribution is 2.21. The first kappa shape index (κ1) is 21.1. The minimum atomic E-state index is -0.0672. The Morgan fingerprint density at radius 3 is 2.77 bits per heavy atom. The smallest absolute Gasteiger partial charge is 0.269 e. The fourth-order valence-electron chi connectivity index (χ4n) is 2.95. The first-order valence-electron chi connectivity index (χ1n) is 9.42. The summed E-state index contributed by atoms with van der Waals surface area (Å²) in [5, 5.41) is 10.9. The molecule has 8 heteroatoms. The van der Waals surface area contributed by atoms with Crippen molar-refractivity contribution in [1.82, 2.24) is 19.9 Å². The SMILES string of the molecule is COCc1ccnc(C(=N)/C=C\N(C)Nc2ccc3[nH]c(C(=O)N(C)C)cc3c2)c1. The number of amides is 1. The van der Waals surface area contributed by atoms with E-state index >= 15 is 0 Å². The number of hydrazine groups is 1. The fraction of sp³-hybridized carbons (Fsp3) is 0.227. The van der Waals surface area contributed by atoms with Crippen LogP contribution in [0.1, 0.15) is 21.7 Å². The lowest BCUT2D eigenvalue weighted by atomic mass is 10.2. The lowest BCUT2D eigenvalue weighted by molar-refractivity contribution is 0.0823. The van der Waals surface area contributed by atoms with Gasteiger partial charge in [0, 0.05) is 51.6 Å². The number of benzene rings is 1. The van der Waals surface area contributed by atoms with Crippen LogP contribution < -0.4 is 5.43 Å². The minimum absolute atomic E-state index is 0.0672. The summed E-state index contributed by atoms with van der Waals surface area (Å²) >= 11 is 0. The van der Waals surface area contributed by atoms with Crippen LogP contribution in [0.2, 0.25) is 0 Å². The molecule has 0 aliphatic carbocycles. The molecule has 0 aliphatic rings. The molecule has 156 valence electrons. The van der Waals surface area contributed by atoms with Gasteiger partial charge in [-0.25, -0.2) is 0 Å². The molecular weight excluding hydrogens is 380 g/mol. The van der Waals surface area contributed by atoms with Crippen molar-refractivity contribution in [1.29, 1.82) is 5.41 Å². The Labute approximate surface area is 175 Å². The van der Waals surface area contributed by atoms with E-state index in [-0.39, 0.29) is 5.91 Å². The molecule has 1 aromatic carbocycles. The Kier molecular flexibility index (Phi) is 6.48. The number of carbonyl (C=O) groups is 1. The second-order valence-electron chi connectivity index (χ2n) is 7.12. The van der Waals surface area contributed by atoms with Crippen LogP contribution in [-0.2, 0) is 11.3 Å². The Balaban J connectivity index is 1.67. The summed E-state index contributed by atoms with van der Waals surface area (Å²) in [6.45, 7) is 0.484. The predicted molar refractivity (Wildman–Crippen MR) is 119 cm³/mol. The lowest BCUT2D eigenvalue weighted by Gasteiger charge is -2.17. The molecule has 30 heavy (non-hydrogen) atoms. The zero-order valence-electron chi connectivity index (χ0n) is 17.6. The van der Waals surface area contributed by atoms with Crippen LogP contribution in [0.3, 0.4) is 0 Å². The maximum absolute atomic E-state index is 12.1. The van der Waals surface area contributed by atoms with Crippen molar-refractivity contribution < 1.29 is 9.53 Å². The van der Waals surface area contributed by atoms with Gasteiger partial charge in [-0.2, -0.15) is 0 Å². The van der Waals surface area contributed by atoms with Crippen molar-refractivity contribution in [2.45, 2.75) is 6.61 Å².